The maximum Gasteiger partial charge on any atom is 0.336 e. The van der Waals surface area contributed by atoms with Gasteiger partial charge in [-0.2, -0.15) is 11.8 Å². The van der Waals surface area contributed by atoms with Gasteiger partial charge in [-0.25, -0.2) is 4.79 Å². The fraction of sp³-hybridized carbons (Fsp3) is 0.357. The van der Waals surface area contributed by atoms with Crippen molar-refractivity contribution in [3.8, 4) is 0 Å². The van der Waals surface area contributed by atoms with Gasteiger partial charge in [0.1, 0.15) is 5.58 Å². The van der Waals surface area contributed by atoms with Crippen molar-refractivity contribution in [3.63, 3.8) is 0 Å². The van der Waals surface area contributed by atoms with E-state index in [1.54, 1.807) is 0 Å². The molecule has 0 aliphatic heterocycles. The third-order valence-corrected chi connectivity index (χ3v) is 3.90. The lowest BCUT2D eigenvalue weighted by Crippen LogP contribution is -2.14. The van der Waals surface area contributed by atoms with Crippen LogP contribution >= 0.6 is 11.8 Å². The number of aliphatic hydroxyl groups excluding tert-OH is 2. The highest BCUT2D eigenvalue weighted by Crippen LogP contribution is 2.22. The van der Waals surface area contributed by atoms with Crippen molar-refractivity contribution >= 4 is 22.7 Å². The van der Waals surface area contributed by atoms with Gasteiger partial charge in [0, 0.05) is 23.0 Å². The summed E-state index contributed by atoms with van der Waals surface area (Å²) in [6, 6.07) is 7.23. The summed E-state index contributed by atoms with van der Waals surface area (Å²) in [7, 11) is 0. The third kappa shape index (κ3) is 3.59. The van der Waals surface area contributed by atoms with Gasteiger partial charge in [-0.15, -0.1) is 0 Å². The van der Waals surface area contributed by atoms with Gasteiger partial charge in [-0.1, -0.05) is 12.1 Å². The maximum atomic E-state index is 11.5. The van der Waals surface area contributed by atoms with Crippen molar-refractivity contribution in [1.29, 1.82) is 0 Å². The number of fused-ring (bicyclic) bond motifs is 1. The second-order valence-corrected chi connectivity index (χ2v) is 5.47. The van der Waals surface area contributed by atoms with Gasteiger partial charge in [0.05, 0.1) is 12.7 Å². The van der Waals surface area contributed by atoms with Crippen molar-refractivity contribution in [2.45, 2.75) is 18.8 Å². The topological polar surface area (TPSA) is 70.7 Å². The van der Waals surface area contributed by atoms with Crippen LogP contribution in [-0.4, -0.2) is 28.7 Å². The quantitative estimate of drug-likeness (QED) is 0.816. The van der Waals surface area contributed by atoms with E-state index in [0.717, 1.165) is 16.5 Å². The Labute approximate surface area is 115 Å². The van der Waals surface area contributed by atoms with Gasteiger partial charge in [-0.3, -0.25) is 0 Å². The molecule has 0 saturated heterocycles. The van der Waals surface area contributed by atoms with Crippen LogP contribution in [0.15, 0.2) is 33.5 Å². The molecular formula is C14H16O4S. The summed E-state index contributed by atoms with van der Waals surface area (Å²) in [4.78, 5) is 11.5. The highest BCUT2D eigenvalue weighted by atomic mass is 32.2. The molecule has 1 aromatic carbocycles. The molecule has 0 radical (unpaired) electrons. The fourth-order valence-electron chi connectivity index (χ4n) is 1.81. The summed E-state index contributed by atoms with van der Waals surface area (Å²) >= 11 is 1.48. The second-order valence-electron chi connectivity index (χ2n) is 4.44. The molecular weight excluding hydrogens is 264 g/mol. The molecule has 102 valence electrons. The zero-order valence-corrected chi connectivity index (χ0v) is 11.4. The van der Waals surface area contributed by atoms with Crippen LogP contribution in [0, 0.1) is 6.92 Å². The first kappa shape index (κ1) is 14.1. The lowest BCUT2D eigenvalue weighted by atomic mass is 10.1. The normalized spacial score (nSPS) is 12.8. The Kier molecular flexibility index (Phi) is 4.63. The summed E-state index contributed by atoms with van der Waals surface area (Å²) < 4.78 is 5.18. The fourth-order valence-corrected chi connectivity index (χ4v) is 2.77. The molecule has 1 atom stereocenters. The maximum absolute atomic E-state index is 11.5. The van der Waals surface area contributed by atoms with Gasteiger partial charge in [0.15, 0.2) is 0 Å². The second kappa shape index (κ2) is 6.23. The van der Waals surface area contributed by atoms with Crippen molar-refractivity contribution in [1.82, 2.24) is 0 Å². The standard InChI is InChI=1S/C14H16O4S/c1-9-2-3-12-10(7-19-8-11(16)6-15)5-14(17)18-13(12)4-9/h2-5,11,15-16H,6-8H2,1H3. The minimum Gasteiger partial charge on any atom is -0.423 e. The first-order valence-corrected chi connectivity index (χ1v) is 7.15. The lowest BCUT2D eigenvalue weighted by Gasteiger charge is -2.08. The van der Waals surface area contributed by atoms with Crippen LogP contribution in [0.4, 0.5) is 0 Å². The number of rotatable bonds is 5. The number of thioether (sulfide) groups is 1. The van der Waals surface area contributed by atoms with Crippen LogP contribution in [0.1, 0.15) is 11.1 Å². The average Bonchev–Trinajstić information content (AvgIpc) is 2.37. The summed E-state index contributed by atoms with van der Waals surface area (Å²) in [5.41, 5.74) is 2.15. The van der Waals surface area contributed by atoms with E-state index >= 15 is 0 Å². The summed E-state index contributed by atoms with van der Waals surface area (Å²) in [5, 5.41) is 19.0. The zero-order valence-electron chi connectivity index (χ0n) is 10.6. The van der Waals surface area contributed by atoms with Crippen molar-refractivity contribution in [2.75, 3.05) is 12.4 Å². The van der Waals surface area contributed by atoms with Gasteiger partial charge >= 0.3 is 5.63 Å². The number of hydrogen-bond donors (Lipinski definition) is 2. The molecule has 1 aromatic heterocycles. The molecule has 4 nitrogen and oxygen atoms in total. The molecule has 0 fully saturated rings. The van der Waals surface area contributed by atoms with E-state index in [9.17, 15) is 9.90 Å². The van der Waals surface area contributed by atoms with E-state index in [1.165, 1.54) is 17.8 Å². The first-order chi connectivity index (χ1) is 9.10. The minimum atomic E-state index is -0.723. The van der Waals surface area contributed by atoms with Crippen LogP contribution in [0.25, 0.3) is 11.0 Å². The number of aliphatic hydroxyl groups is 2. The molecule has 0 spiro atoms. The molecule has 0 aliphatic rings. The highest BCUT2D eigenvalue weighted by Gasteiger charge is 2.07. The van der Waals surface area contributed by atoms with Crippen LogP contribution in [0.2, 0.25) is 0 Å². The average molecular weight is 280 g/mol. The molecule has 1 heterocycles. The molecule has 5 heteroatoms. The van der Waals surface area contributed by atoms with Crippen LogP contribution in [0.3, 0.4) is 0 Å². The van der Waals surface area contributed by atoms with Gasteiger partial charge in [0.25, 0.3) is 0 Å². The first-order valence-electron chi connectivity index (χ1n) is 6.00. The SMILES string of the molecule is Cc1ccc2c(CSCC(O)CO)cc(=O)oc2c1. The van der Waals surface area contributed by atoms with E-state index < -0.39 is 6.10 Å². The predicted octanol–water partition coefficient (Wildman–Crippen LogP) is 1.69. The van der Waals surface area contributed by atoms with Crippen LogP contribution in [-0.2, 0) is 5.75 Å². The molecule has 2 N–H and O–H groups in total. The van der Waals surface area contributed by atoms with Gasteiger partial charge < -0.3 is 14.6 Å². The Balaban J connectivity index is 2.24. The molecule has 2 aromatic rings. The van der Waals surface area contributed by atoms with Crippen molar-refractivity contribution < 1.29 is 14.6 Å². The molecule has 0 amide bonds. The Morgan fingerprint density at radius 1 is 1.37 bits per heavy atom. The third-order valence-electron chi connectivity index (χ3n) is 2.76. The smallest absolute Gasteiger partial charge is 0.336 e. The van der Waals surface area contributed by atoms with Crippen molar-refractivity contribution in [3.05, 3.63) is 45.8 Å². The Hall–Kier alpha value is -1.30. The molecule has 1 unspecified atom stereocenters. The summed E-state index contributed by atoms with van der Waals surface area (Å²) in [6.07, 6.45) is -0.723. The van der Waals surface area contributed by atoms with Crippen LogP contribution < -0.4 is 5.63 Å². The van der Waals surface area contributed by atoms with E-state index in [2.05, 4.69) is 0 Å². The van der Waals surface area contributed by atoms with E-state index in [1.807, 2.05) is 25.1 Å². The number of benzene rings is 1. The minimum absolute atomic E-state index is 0.246. The van der Waals surface area contributed by atoms with E-state index in [0.29, 0.717) is 17.1 Å². The Morgan fingerprint density at radius 2 is 2.16 bits per heavy atom. The largest absolute Gasteiger partial charge is 0.423 e. The molecule has 0 aliphatic carbocycles. The zero-order chi connectivity index (χ0) is 13.8. The molecule has 2 rings (SSSR count). The van der Waals surface area contributed by atoms with E-state index in [4.69, 9.17) is 9.52 Å². The highest BCUT2D eigenvalue weighted by molar-refractivity contribution is 7.98. The van der Waals surface area contributed by atoms with E-state index in [-0.39, 0.29) is 12.2 Å². The molecule has 0 saturated carbocycles. The predicted molar refractivity (Wildman–Crippen MR) is 76.5 cm³/mol. The monoisotopic (exact) mass is 280 g/mol. The van der Waals surface area contributed by atoms with Gasteiger partial charge in [-0.05, 0) is 24.1 Å². The van der Waals surface area contributed by atoms with Crippen LogP contribution in [0.5, 0.6) is 0 Å². The lowest BCUT2D eigenvalue weighted by molar-refractivity contribution is 0.113. The summed E-state index contributed by atoms with van der Waals surface area (Å²) in [5.74, 6) is 1.03. The molecule has 0 bridgehead atoms. The number of hydrogen-bond acceptors (Lipinski definition) is 5. The molecule has 19 heavy (non-hydrogen) atoms. The summed E-state index contributed by atoms with van der Waals surface area (Å²) in [6.45, 7) is 1.70. The Bertz CT molecular complexity index is 620. The van der Waals surface area contributed by atoms with Gasteiger partial charge in [0.2, 0.25) is 0 Å². The Morgan fingerprint density at radius 3 is 2.89 bits per heavy atom. The number of aryl methyl sites for hydroxylation is 1. The van der Waals surface area contributed by atoms with Crippen molar-refractivity contribution in [2.24, 2.45) is 0 Å².